The molecule has 1 aromatic heterocycles. The van der Waals surface area contributed by atoms with Crippen LogP contribution in [0.5, 0.6) is 0 Å². The summed E-state index contributed by atoms with van der Waals surface area (Å²) in [6, 6.07) is 17.3. The number of aromatic nitrogens is 1. The first-order valence-corrected chi connectivity index (χ1v) is 8.04. The Morgan fingerprint density at radius 3 is 2.62 bits per heavy atom. The van der Waals surface area contributed by atoms with Gasteiger partial charge in [-0.15, -0.1) is 0 Å². The van der Waals surface area contributed by atoms with Crippen LogP contribution in [0.1, 0.15) is 22.9 Å². The summed E-state index contributed by atoms with van der Waals surface area (Å²) in [4.78, 5) is 15.0. The summed E-state index contributed by atoms with van der Waals surface area (Å²) in [6.45, 7) is 0. The number of H-pyrrole nitrogens is 1. The predicted octanol–water partition coefficient (Wildman–Crippen LogP) is 3.52. The second-order valence-electron chi connectivity index (χ2n) is 6.07. The van der Waals surface area contributed by atoms with Crippen molar-refractivity contribution in [2.75, 3.05) is 0 Å². The maximum Gasteiger partial charge on any atom is 0.321 e. The molecular formula is C20H18N2O2. The van der Waals surface area contributed by atoms with Crippen molar-refractivity contribution in [3.05, 3.63) is 77.5 Å². The summed E-state index contributed by atoms with van der Waals surface area (Å²) in [5.41, 5.74) is 4.29. The van der Waals surface area contributed by atoms with Gasteiger partial charge in [-0.3, -0.25) is 10.1 Å². The van der Waals surface area contributed by atoms with Crippen molar-refractivity contribution < 1.29 is 9.90 Å². The Bertz CT molecular complexity index is 912. The van der Waals surface area contributed by atoms with E-state index in [1.54, 1.807) is 0 Å². The number of aliphatic carboxylic acids is 1. The molecule has 120 valence electrons. The van der Waals surface area contributed by atoms with Crippen LogP contribution in [0.4, 0.5) is 0 Å². The summed E-state index contributed by atoms with van der Waals surface area (Å²) >= 11 is 0. The van der Waals surface area contributed by atoms with Crippen LogP contribution in [0.25, 0.3) is 17.0 Å². The van der Waals surface area contributed by atoms with Crippen molar-refractivity contribution in [2.45, 2.75) is 18.5 Å². The lowest BCUT2D eigenvalue weighted by Crippen LogP contribution is -2.44. The fraction of sp³-hybridized carbons (Fsp3) is 0.150. The SMILES string of the molecule is O=C(O)C1Cc2c([nH]c3ccccc23)C(C=Cc2ccccc2)N1. The molecular weight excluding hydrogens is 300 g/mol. The van der Waals surface area contributed by atoms with E-state index >= 15 is 0 Å². The van der Waals surface area contributed by atoms with Gasteiger partial charge in [0.15, 0.2) is 0 Å². The molecule has 4 heteroatoms. The summed E-state index contributed by atoms with van der Waals surface area (Å²) in [7, 11) is 0. The molecule has 2 unspecified atom stereocenters. The molecule has 0 amide bonds. The lowest BCUT2D eigenvalue weighted by molar-refractivity contribution is -0.139. The summed E-state index contributed by atoms with van der Waals surface area (Å²) in [5.74, 6) is -0.816. The number of aromatic amines is 1. The quantitative estimate of drug-likeness (QED) is 0.692. The van der Waals surface area contributed by atoms with Gasteiger partial charge in [0.2, 0.25) is 0 Å². The molecule has 1 aliphatic rings. The highest BCUT2D eigenvalue weighted by Gasteiger charge is 2.31. The first kappa shape index (κ1) is 14.7. The minimum atomic E-state index is -0.816. The monoisotopic (exact) mass is 318 g/mol. The number of carboxylic acids is 1. The van der Waals surface area contributed by atoms with Crippen molar-refractivity contribution in [3.63, 3.8) is 0 Å². The predicted molar refractivity (Wildman–Crippen MR) is 94.8 cm³/mol. The molecule has 3 N–H and O–H groups in total. The zero-order valence-corrected chi connectivity index (χ0v) is 13.1. The number of carboxylic acid groups (broad SMARTS) is 1. The fourth-order valence-corrected chi connectivity index (χ4v) is 3.35. The van der Waals surface area contributed by atoms with Crippen molar-refractivity contribution in [3.8, 4) is 0 Å². The second kappa shape index (κ2) is 5.98. The Kier molecular flexibility index (Phi) is 3.67. The van der Waals surface area contributed by atoms with E-state index in [4.69, 9.17) is 0 Å². The van der Waals surface area contributed by atoms with Crippen molar-refractivity contribution in [1.29, 1.82) is 0 Å². The zero-order valence-electron chi connectivity index (χ0n) is 13.1. The van der Waals surface area contributed by atoms with Crippen molar-refractivity contribution in [1.82, 2.24) is 10.3 Å². The van der Waals surface area contributed by atoms with Gasteiger partial charge in [0.25, 0.3) is 0 Å². The largest absolute Gasteiger partial charge is 0.480 e. The maximum absolute atomic E-state index is 11.5. The number of carbonyl (C=O) groups is 1. The smallest absolute Gasteiger partial charge is 0.321 e. The van der Waals surface area contributed by atoms with E-state index in [9.17, 15) is 9.90 Å². The van der Waals surface area contributed by atoms with Crippen molar-refractivity contribution in [2.24, 2.45) is 0 Å². The average molecular weight is 318 g/mol. The fourth-order valence-electron chi connectivity index (χ4n) is 3.35. The lowest BCUT2D eigenvalue weighted by atomic mass is 9.93. The number of hydrogen-bond acceptors (Lipinski definition) is 2. The first-order valence-electron chi connectivity index (χ1n) is 8.04. The third-order valence-corrected chi connectivity index (χ3v) is 4.53. The van der Waals surface area contributed by atoms with Gasteiger partial charge in [-0.2, -0.15) is 0 Å². The number of para-hydroxylation sites is 1. The Morgan fingerprint density at radius 2 is 1.83 bits per heavy atom. The minimum Gasteiger partial charge on any atom is -0.480 e. The molecule has 0 spiro atoms. The summed E-state index contributed by atoms with van der Waals surface area (Å²) in [6.07, 6.45) is 4.54. The van der Waals surface area contributed by atoms with Crippen LogP contribution in [0, 0.1) is 0 Å². The number of hydrogen-bond donors (Lipinski definition) is 3. The van der Waals surface area contributed by atoms with E-state index in [1.807, 2.05) is 66.7 Å². The highest BCUT2D eigenvalue weighted by molar-refractivity contribution is 5.87. The molecule has 2 heterocycles. The van der Waals surface area contributed by atoms with Crippen LogP contribution in [0.3, 0.4) is 0 Å². The Morgan fingerprint density at radius 1 is 1.08 bits per heavy atom. The van der Waals surface area contributed by atoms with Gasteiger partial charge in [-0.25, -0.2) is 0 Å². The molecule has 1 aliphatic heterocycles. The Balaban J connectivity index is 1.76. The number of fused-ring (bicyclic) bond motifs is 3. The molecule has 0 fully saturated rings. The van der Waals surface area contributed by atoms with Gasteiger partial charge in [0, 0.05) is 23.0 Å². The third-order valence-electron chi connectivity index (χ3n) is 4.53. The van der Waals surface area contributed by atoms with Crippen LogP contribution in [-0.2, 0) is 11.2 Å². The highest BCUT2D eigenvalue weighted by atomic mass is 16.4. The molecule has 2 atom stereocenters. The Labute approximate surface area is 139 Å². The van der Waals surface area contributed by atoms with Crippen LogP contribution in [0.15, 0.2) is 60.7 Å². The van der Waals surface area contributed by atoms with Crippen molar-refractivity contribution >= 4 is 22.9 Å². The molecule has 24 heavy (non-hydrogen) atoms. The van der Waals surface area contributed by atoms with Crippen LogP contribution in [-0.4, -0.2) is 22.1 Å². The molecule has 0 radical (unpaired) electrons. The molecule has 2 aromatic carbocycles. The third kappa shape index (κ3) is 2.61. The van der Waals surface area contributed by atoms with Gasteiger partial charge in [-0.05, 0) is 17.2 Å². The van der Waals surface area contributed by atoms with Crippen LogP contribution in [0.2, 0.25) is 0 Å². The van der Waals surface area contributed by atoms with Gasteiger partial charge < -0.3 is 10.1 Å². The van der Waals surface area contributed by atoms with Gasteiger partial charge in [0.1, 0.15) is 6.04 Å². The number of rotatable bonds is 3. The summed E-state index contributed by atoms with van der Waals surface area (Å²) in [5, 5.41) is 13.8. The van der Waals surface area contributed by atoms with E-state index in [2.05, 4.69) is 10.3 Å². The first-order chi connectivity index (χ1) is 11.7. The zero-order chi connectivity index (χ0) is 16.5. The van der Waals surface area contributed by atoms with E-state index in [1.165, 1.54) is 0 Å². The lowest BCUT2D eigenvalue weighted by Gasteiger charge is -2.27. The second-order valence-corrected chi connectivity index (χ2v) is 6.07. The van der Waals surface area contributed by atoms with E-state index < -0.39 is 12.0 Å². The molecule has 3 aromatic rings. The van der Waals surface area contributed by atoms with Gasteiger partial charge in [-0.1, -0.05) is 60.7 Å². The standard InChI is InChI=1S/C20H18N2O2/c23-20(24)18-12-15-14-8-4-5-9-16(14)22-19(15)17(21-18)11-10-13-6-2-1-3-7-13/h1-11,17-18,21-22H,12H2,(H,23,24). The average Bonchev–Trinajstić information content (AvgIpc) is 2.99. The van der Waals surface area contributed by atoms with Gasteiger partial charge in [0.05, 0.1) is 6.04 Å². The topological polar surface area (TPSA) is 65.1 Å². The van der Waals surface area contributed by atoms with E-state index in [0.29, 0.717) is 6.42 Å². The molecule has 4 nitrogen and oxygen atoms in total. The maximum atomic E-state index is 11.5. The molecule has 0 aliphatic carbocycles. The van der Waals surface area contributed by atoms with Crippen LogP contribution >= 0.6 is 0 Å². The highest BCUT2D eigenvalue weighted by Crippen LogP contribution is 2.32. The molecule has 0 saturated carbocycles. The number of nitrogens with one attached hydrogen (secondary N) is 2. The number of benzene rings is 2. The van der Waals surface area contributed by atoms with E-state index in [0.717, 1.165) is 27.7 Å². The Hall–Kier alpha value is -2.85. The summed E-state index contributed by atoms with van der Waals surface area (Å²) < 4.78 is 0. The molecule has 0 bridgehead atoms. The van der Waals surface area contributed by atoms with Gasteiger partial charge >= 0.3 is 5.97 Å². The minimum absolute atomic E-state index is 0.151. The van der Waals surface area contributed by atoms with E-state index in [-0.39, 0.29) is 6.04 Å². The molecule has 4 rings (SSSR count). The van der Waals surface area contributed by atoms with Crippen LogP contribution < -0.4 is 5.32 Å². The normalized spacial score (nSPS) is 20.3. The molecule has 0 saturated heterocycles.